The molecule has 0 saturated heterocycles. The number of aromatic nitrogens is 4. The fraction of sp³-hybridized carbons (Fsp3) is 0. The molecule has 226 valence electrons. The first kappa shape index (κ1) is 28.4. The highest BCUT2D eigenvalue weighted by atomic mass is 79.9. The molecular weight excluding hydrogens is 654 g/mol. The minimum Gasteiger partial charge on any atom is -0.453 e. The Morgan fingerprint density at radius 1 is 0.574 bits per heavy atom. The van der Waals surface area contributed by atoms with Gasteiger partial charge < -0.3 is 14.7 Å². The maximum atomic E-state index is 11.3. The minimum atomic E-state index is -0.429. The van der Waals surface area contributed by atoms with Crippen molar-refractivity contribution in [2.45, 2.75) is 0 Å². The zero-order chi connectivity index (χ0) is 31.9. The average Bonchev–Trinajstić information content (AvgIpc) is 3.93. The molecule has 0 fully saturated rings. The summed E-state index contributed by atoms with van der Waals surface area (Å²) in [5, 5.41) is 11.3. The van der Waals surface area contributed by atoms with Crippen LogP contribution in [0.2, 0.25) is 0 Å². The number of nitro benzene ring substituents is 1. The van der Waals surface area contributed by atoms with E-state index in [1.165, 1.54) is 12.1 Å². The van der Waals surface area contributed by atoms with Crippen molar-refractivity contribution in [1.82, 2.24) is 19.9 Å². The van der Waals surface area contributed by atoms with E-state index in [0.29, 0.717) is 22.5 Å². The Morgan fingerprint density at radius 2 is 1.02 bits per heavy atom. The third kappa shape index (κ3) is 5.32. The maximum Gasteiger partial charge on any atom is 0.269 e. The van der Waals surface area contributed by atoms with Gasteiger partial charge in [0.15, 0.2) is 5.75 Å². The second kappa shape index (κ2) is 11.7. The van der Waals surface area contributed by atoms with Crippen LogP contribution >= 0.6 is 15.9 Å². The number of nitrogens with zero attached hydrogens (tertiary/aromatic N) is 3. The normalized spacial score (nSPS) is 11.9. The second-order valence-electron chi connectivity index (χ2n) is 11.0. The predicted octanol–water partition coefficient (Wildman–Crippen LogP) is 10.5. The first-order chi connectivity index (χ1) is 23.0. The number of non-ortho nitro benzene ring substituents is 1. The lowest BCUT2D eigenvalue weighted by Gasteiger charge is -2.07. The number of nitrogens with one attached hydrogen (secondary N) is 2. The molecule has 3 aromatic heterocycles. The van der Waals surface area contributed by atoms with Crippen LogP contribution in [0, 0.1) is 10.1 Å². The molecule has 0 aliphatic carbocycles. The maximum absolute atomic E-state index is 11.3. The molecule has 2 aliphatic rings. The first-order valence-electron chi connectivity index (χ1n) is 14.9. The van der Waals surface area contributed by atoms with Crippen molar-refractivity contribution in [3.8, 4) is 33.8 Å². The number of fused-ring (bicyclic) bond motifs is 8. The molecule has 8 bridgehead atoms. The quantitative estimate of drug-likeness (QED) is 0.139. The number of aromatic amines is 2. The molecule has 0 saturated carbocycles. The van der Waals surface area contributed by atoms with Gasteiger partial charge in [-0.15, -0.1) is 0 Å². The van der Waals surface area contributed by atoms with E-state index in [0.717, 1.165) is 60.5 Å². The van der Waals surface area contributed by atoms with E-state index in [9.17, 15) is 10.1 Å². The molecule has 8 rings (SSSR count). The van der Waals surface area contributed by atoms with Gasteiger partial charge in [-0.2, -0.15) is 0 Å². The van der Waals surface area contributed by atoms with Crippen LogP contribution in [0.4, 0.5) is 5.69 Å². The van der Waals surface area contributed by atoms with Crippen LogP contribution in [0.15, 0.2) is 114 Å². The Labute approximate surface area is 277 Å². The number of ether oxygens (including phenoxy) is 1. The minimum absolute atomic E-state index is 0.0131. The Morgan fingerprint density at radius 3 is 1.49 bits per heavy atom. The molecule has 0 unspecified atom stereocenters. The fourth-order valence-electron chi connectivity index (χ4n) is 5.83. The molecule has 0 spiro atoms. The van der Waals surface area contributed by atoms with Gasteiger partial charge in [0.2, 0.25) is 0 Å². The van der Waals surface area contributed by atoms with Crippen LogP contribution in [-0.2, 0) is 0 Å². The summed E-state index contributed by atoms with van der Waals surface area (Å²) in [5.41, 5.74) is 10.1. The third-order valence-electron chi connectivity index (χ3n) is 8.03. The summed E-state index contributed by atoms with van der Waals surface area (Å²) in [5.74, 6) is 0.976. The number of rotatable bonds is 5. The average molecular weight is 679 g/mol. The highest BCUT2D eigenvalue weighted by Gasteiger charge is 2.17. The van der Waals surface area contributed by atoms with Crippen molar-refractivity contribution >= 4 is 68.0 Å². The largest absolute Gasteiger partial charge is 0.453 e. The first-order valence-corrected chi connectivity index (χ1v) is 15.7. The topological polar surface area (TPSA) is 110 Å². The van der Waals surface area contributed by atoms with Gasteiger partial charge in [0.05, 0.1) is 43.2 Å². The molecule has 9 heteroatoms. The number of H-pyrrole nitrogens is 2. The molecule has 5 heterocycles. The van der Waals surface area contributed by atoms with Gasteiger partial charge in [-0.1, -0.05) is 60.7 Å². The van der Waals surface area contributed by atoms with Crippen LogP contribution in [-0.4, -0.2) is 24.9 Å². The Bertz CT molecular complexity index is 2270. The molecular formula is C38H24BrN5O3. The molecule has 3 aromatic carbocycles. The van der Waals surface area contributed by atoms with Crippen LogP contribution in [0.1, 0.15) is 22.8 Å². The van der Waals surface area contributed by atoms with Crippen molar-refractivity contribution in [3.63, 3.8) is 0 Å². The molecule has 2 aliphatic heterocycles. The van der Waals surface area contributed by atoms with Crippen LogP contribution in [0.25, 0.3) is 68.6 Å². The molecule has 6 aromatic rings. The van der Waals surface area contributed by atoms with Gasteiger partial charge in [-0.25, -0.2) is 9.97 Å². The number of benzene rings is 3. The lowest BCUT2D eigenvalue weighted by atomic mass is 10.0. The van der Waals surface area contributed by atoms with Crippen molar-refractivity contribution in [2.24, 2.45) is 0 Å². The number of halogens is 1. The van der Waals surface area contributed by atoms with Gasteiger partial charge in [0, 0.05) is 34.3 Å². The van der Waals surface area contributed by atoms with E-state index < -0.39 is 4.92 Å². The van der Waals surface area contributed by atoms with E-state index in [2.05, 4.69) is 50.2 Å². The second-order valence-corrected chi connectivity index (χ2v) is 11.8. The number of hydrogen-bond acceptors (Lipinski definition) is 5. The lowest BCUT2D eigenvalue weighted by molar-refractivity contribution is -0.384. The summed E-state index contributed by atoms with van der Waals surface area (Å²) in [6.45, 7) is 0. The number of hydrogen-bond donors (Lipinski definition) is 2. The van der Waals surface area contributed by atoms with Crippen molar-refractivity contribution in [1.29, 1.82) is 0 Å². The molecule has 0 amide bonds. The Kier molecular flexibility index (Phi) is 7.08. The SMILES string of the molecule is O=[N+]([O-])c1ccc(Oc2c3ccc([nH]3)c(-c3ccccc3)c3nc(c(Br)c4nc(c(-c5ccccc5)c5ccc2[nH]5)C=C4)C=C3)cc1. The summed E-state index contributed by atoms with van der Waals surface area (Å²) < 4.78 is 7.31. The Balaban J connectivity index is 1.48. The molecule has 0 atom stereocenters. The zero-order valence-electron chi connectivity index (χ0n) is 24.6. The lowest BCUT2D eigenvalue weighted by Crippen LogP contribution is -1.90. The predicted molar refractivity (Wildman–Crippen MR) is 191 cm³/mol. The van der Waals surface area contributed by atoms with Crippen molar-refractivity contribution in [2.75, 3.05) is 0 Å². The number of nitro groups is 1. The van der Waals surface area contributed by atoms with E-state index in [1.54, 1.807) is 12.1 Å². The zero-order valence-corrected chi connectivity index (χ0v) is 26.2. The van der Waals surface area contributed by atoms with Crippen LogP contribution in [0.5, 0.6) is 11.5 Å². The summed E-state index contributed by atoms with van der Waals surface area (Å²) in [7, 11) is 0. The fourth-order valence-corrected chi connectivity index (χ4v) is 6.27. The van der Waals surface area contributed by atoms with Crippen molar-refractivity contribution in [3.05, 3.63) is 147 Å². The van der Waals surface area contributed by atoms with Crippen LogP contribution in [0.3, 0.4) is 0 Å². The van der Waals surface area contributed by atoms with Crippen LogP contribution < -0.4 is 4.74 Å². The van der Waals surface area contributed by atoms with E-state index >= 15 is 0 Å². The van der Waals surface area contributed by atoms with E-state index in [1.807, 2.05) is 85.0 Å². The van der Waals surface area contributed by atoms with Gasteiger partial charge in [-0.05, 0) is 87.8 Å². The summed E-state index contributed by atoms with van der Waals surface area (Å²) >= 11 is 3.80. The molecule has 8 nitrogen and oxygen atoms in total. The highest BCUT2D eigenvalue weighted by Crippen LogP contribution is 2.37. The monoisotopic (exact) mass is 677 g/mol. The highest BCUT2D eigenvalue weighted by molar-refractivity contribution is 9.10. The Hall–Kier alpha value is -6.06. The standard InChI is InChI=1S/C38H24BrN5O3/c39-37-31-19-15-27(40-31)35(23-7-3-1-4-8-23)29-17-21-33(42-29)38(47-26-13-11-25(12-14-26)44(45)46)34-22-18-30(43-34)36(24-9-5-2-6-10-24)28-16-20-32(37)41-28/h1-22,42-43H. The molecule has 0 radical (unpaired) electrons. The third-order valence-corrected chi connectivity index (χ3v) is 8.85. The molecule has 47 heavy (non-hydrogen) atoms. The van der Waals surface area contributed by atoms with E-state index in [4.69, 9.17) is 14.7 Å². The smallest absolute Gasteiger partial charge is 0.269 e. The van der Waals surface area contributed by atoms with Gasteiger partial charge >= 0.3 is 0 Å². The van der Waals surface area contributed by atoms with Gasteiger partial charge in [0.25, 0.3) is 5.69 Å². The molecule has 2 N–H and O–H groups in total. The van der Waals surface area contributed by atoms with Crippen molar-refractivity contribution < 1.29 is 9.66 Å². The van der Waals surface area contributed by atoms with Gasteiger partial charge in [0.1, 0.15) is 5.75 Å². The van der Waals surface area contributed by atoms with Gasteiger partial charge in [-0.3, -0.25) is 10.1 Å². The summed E-state index contributed by atoms with van der Waals surface area (Å²) in [6, 6.07) is 34.2. The summed E-state index contributed by atoms with van der Waals surface area (Å²) in [4.78, 5) is 28.2. The van der Waals surface area contributed by atoms with E-state index in [-0.39, 0.29) is 5.69 Å². The summed E-state index contributed by atoms with van der Waals surface area (Å²) in [6.07, 6.45) is 8.01.